The highest BCUT2D eigenvalue weighted by atomic mass is 35.5. The Labute approximate surface area is 201 Å². The molecule has 6 heteroatoms. The largest absolute Gasteiger partial charge is 0.352 e. The molecule has 0 aliphatic heterocycles. The minimum absolute atomic E-state index is 0.00785. The van der Waals surface area contributed by atoms with Crippen molar-refractivity contribution in [3.63, 3.8) is 0 Å². The summed E-state index contributed by atoms with van der Waals surface area (Å²) in [4.78, 5) is 28.2. The molecule has 1 N–H and O–H groups in total. The summed E-state index contributed by atoms with van der Waals surface area (Å²) in [5.41, 5.74) is 2.12. The highest BCUT2D eigenvalue weighted by Gasteiger charge is 2.30. The van der Waals surface area contributed by atoms with Crippen molar-refractivity contribution < 1.29 is 9.59 Å². The second-order valence-electron chi connectivity index (χ2n) is 8.40. The number of thioether (sulfide) groups is 1. The summed E-state index contributed by atoms with van der Waals surface area (Å²) in [6.07, 6.45) is 6.22. The van der Waals surface area contributed by atoms with Crippen molar-refractivity contribution in [1.29, 1.82) is 0 Å². The van der Waals surface area contributed by atoms with Gasteiger partial charge in [-0.05, 0) is 42.5 Å². The van der Waals surface area contributed by atoms with Crippen LogP contribution in [0.25, 0.3) is 0 Å². The quantitative estimate of drug-likeness (QED) is 0.473. The Bertz CT molecular complexity index is 871. The lowest BCUT2D eigenvalue weighted by Gasteiger charge is -2.32. The number of carbonyl (C=O) groups excluding carboxylic acids is 2. The Morgan fingerprint density at radius 2 is 1.78 bits per heavy atom. The normalized spacial score (nSPS) is 15.2. The minimum atomic E-state index is -0.462. The van der Waals surface area contributed by atoms with Crippen molar-refractivity contribution in [3.8, 4) is 0 Å². The first-order valence-electron chi connectivity index (χ1n) is 11.5. The molecule has 2 amide bonds. The first kappa shape index (κ1) is 24.7. The summed E-state index contributed by atoms with van der Waals surface area (Å²) in [7, 11) is 0. The van der Waals surface area contributed by atoms with Gasteiger partial charge in [-0.3, -0.25) is 9.59 Å². The number of benzene rings is 2. The van der Waals surface area contributed by atoms with Gasteiger partial charge in [-0.15, -0.1) is 11.8 Å². The Kier molecular flexibility index (Phi) is 9.94. The van der Waals surface area contributed by atoms with Crippen molar-refractivity contribution in [2.24, 2.45) is 0 Å². The first-order chi connectivity index (χ1) is 15.6. The summed E-state index contributed by atoms with van der Waals surface area (Å²) >= 11 is 7.63. The third-order valence-electron chi connectivity index (χ3n) is 5.92. The molecule has 1 saturated carbocycles. The molecule has 0 aromatic heterocycles. The van der Waals surface area contributed by atoms with Crippen LogP contribution in [-0.4, -0.2) is 34.6 Å². The van der Waals surface area contributed by atoms with Gasteiger partial charge in [0, 0.05) is 23.4 Å². The maximum Gasteiger partial charge on any atom is 0.243 e. The fraction of sp³-hybridized carbons (Fsp3) is 0.462. The molecule has 0 saturated heterocycles. The molecule has 2 aromatic rings. The van der Waals surface area contributed by atoms with Crippen molar-refractivity contribution in [1.82, 2.24) is 10.2 Å². The molecular formula is C26H33ClN2O2S. The van der Waals surface area contributed by atoms with E-state index in [2.05, 4.69) is 5.32 Å². The third kappa shape index (κ3) is 7.56. The fourth-order valence-electron chi connectivity index (χ4n) is 4.21. The predicted molar refractivity (Wildman–Crippen MR) is 134 cm³/mol. The Morgan fingerprint density at radius 1 is 1.06 bits per heavy atom. The highest BCUT2D eigenvalue weighted by Crippen LogP contribution is 2.21. The summed E-state index contributed by atoms with van der Waals surface area (Å²) in [5, 5.41) is 3.92. The van der Waals surface area contributed by atoms with E-state index in [1.54, 1.807) is 16.7 Å². The molecule has 32 heavy (non-hydrogen) atoms. The molecular weight excluding hydrogens is 440 g/mol. The van der Waals surface area contributed by atoms with Crippen LogP contribution in [0.5, 0.6) is 0 Å². The Morgan fingerprint density at radius 3 is 2.47 bits per heavy atom. The average molecular weight is 473 g/mol. The van der Waals surface area contributed by atoms with E-state index in [1.807, 2.05) is 61.5 Å². The van der Waals surface area contributed by atoms with Gasteiger partial charge in [0.2, 0.25) is 11.8 Å². The van der Waals surface area contributed by atoms with Crippen LogP contribution in [0, 0.1) is 0 Å². The summed E-state index contributed by atoms with van der Waals surface area (Å²) < 4.78 is 0. The molecule has 1 fully saturated rings. The van der Waals surface area contributed by atoms with Gasteiger partial charge in [-0.1, -0.05) is 80.3 Å². The zero-order chi connectivity index (χ0) is 22.8. The van der Waals surface area contributed by atoms with Crippen LogP contribution in [0.4, 0.5) is 0 Å². The summed E-state index contributed by atoms with van der Waals surface area (Å²) in [6.45, 7) is 2.42. The van der Waals surface area contributed by atoms with Crippen LogP contribution >= 0.6 is 23.4 Å². The lowest BCUT2D eigenvalue weighted by atomic mass is 9.95. The monoisotopic (exact) mass is 472 g/mol. The number of nitrogens with zero attached hydrogens (tertiary/aromatic N) is 1. The van der Waals surface area contributed by atoms with Crippen molar-refractivity contribution in [3.05, 3.63) is 70.7 Å². The fourth-order valence-corrected chi connectivity index (χ4v) is 5.28. The Balaban J connectivity index is 1.67. The Hall–Kier alpha value is -1.98. The highest BCUT2D eigenvalue weighted by molar-refractivity contribution is 7.99. The number of hydrogen-bond acceptors (Lipinski definition) is 3. The number of halogens is 1. The maximum atomic E-state index is 13.3. The molecule has 0 unspecified atom stereocenters. The van der Waals surface area contributed by atoms with Crippen molar-refractivity contribution >= 4 is 35.2 Å². The summed E-state index contributed by atoms with van der Waals surface area (Å²) in [6, 6.07) is 17.4. The van der Waals surface area contributed by atoms with E-state index in [0.29, 0.717) is 29.5 Å². The molecule has 1 aliphatic carbocycles. The van der Waals surface area contributed by atoms with E-state index in [0.717, 1.165) is 36.8 Å². The molecule has 1 aliphatic rings. The number of hydrogen-bond donors (Lipinski definition) is 1. The molecule has 0 bridgehead atoms. The second kappa shape index (κ2) is 12.9. The minimum Gasteiger partial charge on any atom is -0.352 e. The lowest BCUT2D eigenvalue weighted by molar-refractivity contribution is -0.139. The van der Waals surface area contributed by atoms with E-state index in [4.69, 9.17) is 11.6 Å². The van der Waals surface area contributed by atoms with E-state index >= 15 is 0 Å². The molecule has 0 radical (unpaired) electrons. The van der Waals surface area contributed by atoms with Gasteiger partial charge in [0.15, 0.2) is 0 Å². The molecule has 172 valence electrons. The van der Waals surface area contributed by atoms with Gasteiger partial charge < -0.3 is 10.2 Å². The van der Waals surface area contributed by atoms with Gasteiger partial charge in [0.05, 0.1) is 5.75 Å². The third-order valence-corrected chi connectivity index (χ3v) is 7.14. The van der Waals surface area contributed by atoms with E-state index in [1.165, 1.54) is 6.42 Å². The van der Waals surface area contributed by atoms with Crippen LogP contribution in [0.3, 0.4) is 0 Å². The standard InChI is InChI=1S/C26H33ClN2O2S/c1-2-24(26(31)28-23-14-7-4-8-15-23)29(17-20-10-5-3-6-11-20)25(30)19-32-18-21-12-9-13-22(27)16-21/h3,5-6,9-13,16,23-24H,2,4,7-8,14-15,17-19H2,1H3,(H,28,31)/t24-/m1/s1. The molecule has 4 nitrogen and oxygen atoms in total. The van der Waals surface area contributed by atoms with E-state index in [-0.39, 0.29) is 17.9 Å². The smallest absolute Gasteiger partial charge is 0.243 e. The van der Waals surface area contributed by atoms with Gasteiger partial charge in [-0.2, -0.15) is 0 Å². The predicted octanol–water partition coefficient (Wildman–Crippen LogP) is 5.83. The van der Waals surface area contributed by atoms with E-state index in [9.17, 15) is 9.59 Å². The maximum absolute atomic E-state index is 13.3. The molecule has 0 heterocycles. The number of carbonyl (C=O) groups is 2. The SMILES string of the molecule is CC[C@H](C(=O)NC1CCCCC1)N(Cc1ccccc1)C(=O)CSCc1cccc(Cl)c1. The first-order valence-corrected chi connectivity index (χ1v) is 13.1. The topological polar surface area (TPSA) is 49.4 Å². The van der Waals surface area contributed by atoms with E-state index < -0.39 is 6.04 Å². The van der Waals surface area contributed by atoms with Crippen LogP contribution in [-0.2, 0) is 21.9 Å². The number of rotatable bonds is 10. The second-order valence-corrected chi connectivity index (χ2v) is 9.82. The van der Waals surface area contributed by atoms with Crippen LogP contribution in [0.2, 0.25) is 5.02 Å². The average Bonchev–Trinajstić information content (AvgIpc) is 2.80. The number of nitrogens with one attached hydrogen (secondary N) is 1. The van der Waals surface area contributed by atoms with Gasteiger partial charge >= 0.3 is 0 Å². The zero-order valence-electron chi connectivity index (χ0n) is 18.8. The van der Waals surface area contributed by atoms with Crippen molar-refractivity contribution in [2.45, 2.75) is 69.8 Å². The van der Waals surface area contributed by atoms with Crippen molar-refractivity contribution in [2.75, 3.05) is 5.75 Å². The number of amides is 2. The molecule has 2 aromatic carbocycles. The van der Waals surface area contributed by atoms with Gasteiger partial charge in [0.1, 0.15) is 6.04 Å². The van der Waals surface area contributed by atoms with Gasteiger partial charge in [-0.25, -0.2) is 0 Å². The molecule has 3 rings (SSSR count). The van der Waals surface area contributed by atoms with Crippen LogP contribution in [0.1, 0.15) is 56.6 Å². The molecule has 1 atom stereocenters. The summed E-state index contributed by atoms with van der Waals surface area (Å²) in [5.74, 6) is 0.998. The van der Waals surface area contributed by atoms with Gasteiger partial charge in [0.25, 0.3) is 0 Å². The van der Waals surface area contributed by atoms with Crippen LogP contribution < -0.4 is 5.32 Å². The molecule has 0 spiro atoms. The zero-order valence-corrected chi connectivity index (χ0v) is 20.3. The lowest BCUT2D eigenvalue weighted by Crippen LogP contribution is -2.52. The van der Waals surface area contributed by atoms with Crippen LogP contribution in [0.15, 0.2) is 54.6 Å².